The van der Waals surface area contributed by atoms with Gasteiger partial charge in [-0.3, -0.25) is 4.57 Å². The van der Waals surface area contributed by atoms with Gasteiger partial charge in [-0.2, -0.15) is 0 Å². The monoisotopic (exact) mass is 426 g/mol. The molecule has 0 amide bonds. The zero-order valence-corrected chi connectivity index (χ0v) is 19.2. The average molecular weight is 427 g/mol. The summed E-state index contributed by atoms with van der Waals surface area (Å²) in [5, 5.41) is 0. The van der Waals surface area contributed by atoms with E-state index in [2.05, 4.69) is 60.7 Å². The number of rotatable bonds is 8. The Morgan fingerprint density at radius 2 is 1.56 bits per heavy atom. The molecule has 0 aliphatic carbocycles. The lowest BCUT2D eigenvalue weighted by Crippen LogP contribution is -2.01. The molecule has 0 N–H and O–H groups in total. The van der Waals surface area contributed by atoms with Gasteiger partial charge in [-0.15, -0.1) is 0 Å². The van der Waals surface area contributed by atoms with Gasteiger partial charge in [-0.25, -0.2) is 9.37 Å². The van der Waals surface area contributed by atoms with Gasteiger partial charge in [0.1, 0.15) is 11.6 Å². The van der Waals surface area contributed by atoms with Gasteiger partial charge in [0.05, 0.1) is 5.69 Å². The second-order valence-corrected chi connectivity index (χ2v) is 8.56. The smallest absolute Gasteiger partial charge is 0.144 e. The first kappa shape index (κ1) is 22.0. The lowest BCUT2D eigenvalue weighted by molar-refractivity contribution is 0.631. The van der Waals surface area contributed by atoms with Crippen molar-refractivity contribution in [2.24, 2.45) is 0 Å². The Morgan fingerprint density at radius 3 is 2.28 bits per heavy atom. The molecule has 0 aliphatic heterocycles. The SMILES string of the molecule is CCCCCCc1ccc(-c2cc(-c3nccn3-c3c(C)cccc3C)ccc2F)cc1. The molecule has 1 aromatic heterocycles. The van der Waals surface area contributed by atoms with E-state index in [0.717, 1.165) is 29.1 Å². The van der Waals surface area contributed by atoms with Crippen LogP contribution in [0.1, 0.15) is 49.3 Å². The number of hydrogen-bond acceptors (Lipinski definition) is 1. The van der Waals surface area contributed by atoms with Crippen LogP contribution in [0.4, 0.5) is 4.39 Å². The first-order chi connectivity index (χ1) is 15.6. The maximum absolute atomic E-state index is 14.8. The Bertz CT molecular complexity index is 1170. The molecule has 1 heterocycles. The molecule has 0 unspecified atom stereocenters. The van der Waals surface area contributed by atoms with E-state index in [4.69, 9.17) is 0 Å². The Labute approximate surface area is 190 Å². The largest absolute Gasteiger partial charge is 0.299 e. The Kier molecular flexibility index (Phi) is 6.84. The third-order valence-electron chi connectivity index (χ3n) is 6.13. The number of imidazole rings is 1. The number of para-hydroxylation sites is 1. The molecule has 164 valence electrons. The van der Waals surface area contributed by atoms with Crippen molar-refractivity contribution in [3.8, 4) is 28.2 Å². The van der Waals surface area contributed by atoms with Crippen molar-refractivity contribution >= 4 is 0 Å². The summed E-state index contributed by atoms with van der Waals surface area (Å²) in [5.41, 5.74) is 7.20. The minimum absolute atomic E-state index is 0.213. The summed E-state index contributed by atoms with van der Waals surface area (Å²) in [6, 6.07) is 19.9. The first-order valence-corrected chi connectivity index (χ1v) is 11.6. The highest BCUT2D eigenvalue weighted by atomic mass is 19.1. The molecule has 4 rings (SSSR count). The van der Waals surface area contributed by atoms with E-state index in [1.807, 2.05) is 30.5 Å². The molecule has 32 heavy (non-hydrogen) atoms. The number of halogens is 1. The van der Waals surface area contributed by atoms with Crippen LogP contribution in [0.5, 0.6) is 0 Å². The van der Waals surface area contributed by atoms with Gasteiger partial charge in [-0.1, -0.05) is 68.7 Å². The van der Waals surface area contributed by atoms with Crippen LogP contribution in [0.25, 0.3) is 28.2 Å². The minimum atomic E-state index is -0.213. The van der Waals surface area contributed by atoms with E-state index in [9.17, 15) is 4.39 Å². The van der Waals surface area contributed by atoms with Gasteiger partial charge in [0.2, 0.25) is 0 Å². The molecule has 0 saturated heterocycles. The summed E-state index contributed by atoms with van der Waals surface area (Å²) in [4.78, 5) is 4.61. The van der Waals surface area contributed by atoms with E-state index >= 15 is 0 Å². The molecule has 0 saturated carbocycles. The van der Waals surface area contributed by atoms with Crippen molar-refractivity contribution in [2.75, 3.05) is 0 Å². The number of unbranched alkanes of at least 4 members (excludes halogenated alkanes) is 3. The fourth-order valence-electron chi connectivity index (χ4n) is 4.38. The molecule has 0 fully saturated rings. The summed E-state index contributed by atoms with van der Waals surface area (Å²) in [7, 11) is 0. The topological polar surface area (TPSA) is 17.8 Å². The van der Waals surface area contributed by atoms with Gasteiger partial charge in [0.25, 0.3) is 0 Å². The van der Waals surface area contributed by atoms with Gasteiger partial charge in [0.15, 0.2) is 0 Å². The fraction of sp³-hybridized carbons (Fsp3) is 0.276. The maximum Gasteiger partial charge on any atom is 0.144 e. The quantitative estimate of drug-likeness (QED) is 0.260. The van der Waals surface area contributed by atoms with E-state index in [0.29, 0.717) is 5.56 Å². The zero-order chi connectivity index (χ0) is 22.5. The summed E-state index contributed by atoms with van der Waals surface area (Å²) in [6.07, 6.45) is 9.86. The number of benzene rings is 3. The van der Waals surface area contributed by atoms with E-state index < -0.39 is 0 Å². The second-order valence-electron chi connectivity index (χ2n) is 8.56. The minimum Gasteiger partial charge on any atom is -0.299 e. The Morgan fingerprint density at radius 1 is 0.844 bits per heavy atom. The first-order valence-electron chi connectivity index (χ1n) is 11.6. The van der Waals surface area contributed by atoms with Crippen LogP contribution in [0, 0.1) is 19.7 Å². The van der Waals surface area contributed by atoms with Crippen molar-refractivity contribution in [1.29, 1.82) is 0 Å². The molecule has 0 radical (unpaired) electrons. The molecule has 0 bridgehead atoms. The van der Waals surface area contributed by atoms with Gasteiger partial charge >= 0.3 is 0 Å². The lowest BCUT2D eigenvalue weighted by atomic mass is 9.99. The highest BCUT2D eigenvalue weighted by molar-refractivity contribution is 5.72. The van der Waals surface area contributed by atoms with Crippen molar-refractivity contribution in [1.82, 2.24) is 9.55 Å². The van der Waals surface area contributed by atoms with Crippen molar-refractivity contribution in [3.05, 3.63) is 95.6 Å². The molecule has 0 spiro atoms. The predicted octanol–water partition coefficient (Wildman–Crippen LogP) is 8.09. The summed E-state index contributed by atoms with van der Waals surface area (Å²) in [6.45, 7) is 6.43. The predicted molar refractivity (Wildman–Crippen MR) is 132 cm³/mol. The number of aryl methyl sites for hydroxylation is 3. The molecule has 4 aromatic rings. The summed E-state index contributed by atoms with van der Waals surface area (Å²) >= 11 is 0. The summed E-state index contributed by atoms with van der Waals surface area (Å²) in [5.74, 6) is 0.603. The third kappa shape index (κ3) is 4.67. The van der Waals surface area contributed by atoms with Crippen LogP contribution in [0.15, 0.2) is 73.1 Å². The van der Waals surface area contributed by atoms with E-state index in [1.54, 1.807) is 12.3 Å². The van der Waals surface area contributed by atoms with E-state index in [-0.39, 0.29) is 5.82 Å². The van der Waals surface area contributed by atoms with Crippen molar-refractivity contribution < 1.29 is 4.39 Å². The molecule has 3 aromatic carbocycles. The standard InChI is InChI=1S/C29H31FN2/c1-4-5-6-7-11-23-12-14-24(15-13-23)26-20-25(16-17-27(26)30)29-31-18-19-32(29)28-21(2)9-8-10-22(28)3/h8-10,12-20H,4-7,11H2,1-3H3. The fourth-order valence-corrected chi connectivity index (χ4v) is 4.38. The van der Waals surface area contributed by atoms with Crippen molar-refractivity contribution in [2.45, 2.75) is 52.9 Å². The van der Waals surface area contributed by atoms with Crippen LogP contribution in [0.3, 0.4) is 0 Å². The molecule has 2 nitrogen and oxygen atoms in total. The molecular formula is C29H31FN2. The number of hydrogen-bond donors (Lipinski definition) is 0. The molecule has 0 aliphatic rings. The lowest BCUT2D eigenvalue weighted by Gasteiger charge is -2.15. The summed E-state index contributed by atoms with van der Waals surface area (Å²) < 4.78 is 16.9. The van der Waals surface area contributed by atoms with Crippen LogP contribution in [-0.2, 0) is 6.42 Å². The van der Waals surface area contributed by atoms with Gasteiger partial charge in [-0.05, 0) is 67.1 Å². The second kappa shape index (κ2) is 9.95. The molecular weight excluding hydrogens is 395 g/mol. The van der Waals surface area contributed by atoms with Crippen LogP contribution >= 0.6 is 0 Å². The maximum atomic E-state index is 14.8. The third-order valence-corrected chi connectivity index (χ3v) is 6.13. The average Bonchev–Trinajstić information content (AvgIpc) is 3.27. The normalized spacial score (nSPS) is 11.1. The van der Waals surface area contributed by atoms with Crippen LogP contribution in [-0.4, -0.2) is 9.55 Å². The Balaban J connectivity index is 1.65. The highest BCUT2D eigenvalue weighted by Crippen LogP contribution is 2.31. The number of aromatic nitrogens is 2. The van der Waals surface area contributed by atoms with Gasteiger partial charge < -0.3 is 0 Å². The van der Waals surface area contributed by atoms with E-state index in [1.165, 1.54) is 42.4 Å². The number of nitrogens with zero attached hydrogens (tertiary/aromatic N) is 2. The zero-order valence-electron chi connectivity index (χ0n) is 19.2. The molecule has 3 heteroatoms. The van der Waals surface area contributed by atoms with Gasteiger partial charge in [0, 0.05) is 23.5 Å². The van der Waals surface area contributed by atoms with Crippen molar-refractivity contribution in [3.63, 3.8) is 0 Å². The Hall–Kier alpha value is -3.20. The van der Waals surface area contributed by atoms with Crippen LogP contribution in [0.2, 0.25) is 0 Å². The highest BCUT2D eigenvalue weighted by Gasteiger charge is 2.14. The molecule has 0 atom stereocenters. The van der Waals surface area contributed by atoms with Crippen LogP contribution < -0.4 is 0 Å².